The average Bonchev–Trinajstić information content (AvgIpc) is 2.56. The molecular weight excluding hydrogens is 283 g/mol. The Morgan fingerprint density at radius 3 is 2.43 bits per heavy atom. The molecule has 2 aromatic carbocycles. The van der Waals surface area contributed by atoms with E-state index in [1.54, 1.807) is 0 Å². The molecule has 1 unspecified atom stereocenters. The van der Waals surface area contributed by atoms with Crippen molar-refractivity contribution in [2.75, 3.05) is 26.2 Å². The van der Waals surface area contributed by atoms with E-state index >= 15 is 0 Å². The lowest BCUT2D eigenvalue weighted by atomic mass is 10.0. The van der Waals surface area contributed by atoms with Gasteiger partial charge in [0.1, 0.15) is 5.75 Å². The van der Waals surface area contributed by atoms with Gasteiger partial charge in [-0.05, 0) is 12.1 Å². The van der Waals surface area contributed by atoms with Gasteiger partial charge in [0.15, 0.2) is 0 Å². The highest BCUT2D eigenvalue weighted by Gasteiger charge is 2.41. The van der Waals surface area contributed by atoms with E-state index < -0.39 is 7.52 Å². The van der Waals surface area contributed by atoms with Crippen LogP contribution >= 0.6 is 7.52 Å². The van der Waals surface area contributed by atoms with Crippen LogP contribution in [0.4, 0.5) is 0 Å². The largest absolute Gasteiger partial charge is 0.429 e. The monoisotopic (exact) mass is 300 g/mol. The molecule has 108 valence electrons. The Bertz CT molecular complexity index is 726. The van der Waals surface area contributed by atoms with Crippen LogP contribution in [0, 0.1) is 0 Å². The van der Waals surface area contributed by atoms with Gasteiger partial charge in [0, 0.05) is 37.3 Å². The van der Waals surface area contributed by atoms with Crippen LogP contribution < -0.4 is 15.1 Å². The van der Waals surface area contributed by atoms with Crippen LogP contribution in [-0.2, 0) is 4.57 Å². The standard InChI is InChI=1S/C16H17N2O2P/c19-21(18-11-9-17-10-12-18)16-8-4-2-6-14(16)13-5-1-3-7-15(13)20-21/h1-8,17H,9-12H2. The van der Waals surface area contributed by atoms with E-state index in [-0.39, 0.29) is 0 Å². The SMILES string of the molecule is O=P1(N2CCNCC2)Oc2ccccc2-c2ccccc21. The first-order valence-electron chi connectivity index (χ1n) is 7.24. The van der Waals surface area contributed by atoms with Crippen molar-refractivity contribution >= 4 is 12.8 Å². The molecule has 0 amide bonds. The van der Waals surface area contributed by atoms with Crippen LogP contribution in [0.3, 0.4) is 0 Å². The predicted molar refractivity (Wildman–Crippen MR) is 84.2 cm³/mol. The third-order valence-electron chi connectivity index (χ3n) is 4.07. The average molecular weight is 300 g/mol. The van der Waals surface area contributed by atoms with Crippen molar-refractivity contribution in [3.8, 4) is 16.9 Å². The smallest absolute Gasteiger partial charge is 0.350 e. The highest BCUT2D eigenvalue weighted by Crippen LogP contribution is 2.56. The molecule has 1 atom stereocenters. The molecule has 0 saturated carbocycles. The summed E-state index contributed by atoms with van der Waals surface area (Å²) in [7, 11) is -3.02. The summed E-state index contributed by atoms with van der Waals surface area (Å²) in [6.45, 7) is 3.18. The van der Waals surface area contributed by atoms with E-state index in [1.807, 2.05) is 53.2 Å². The first-order chi connectivity index (χ1) is 10.3. The van der Waals surface area contributed by atoms with Crippen molar-refractivity contribution in [1.82, 2.24) is 9.99 Å². The summed E-state index contributed by atoms with van der Waals surface area (Å²) < 4.78 is 21.7. The fourth-order valence-corrected chi connectivity index (χ4v) is 5.47. The van der Waals surface area contributed by atoms with E-state index in [2.05, 4.69) is 5.32 Å². The van der Waals surface area contributed by atoms with Gasteiger partial charge >= 0.3 is 7.52 Å². The van der Waals surface area contributed by atoms with Crippen LogP contribution in [0.5, 0.6) is 5.75 Å². The van der Waals surface area contributed by atoms with Crippen molar-refractivity contribution in [3.63, 3.8) is 0 Å². The van der Waals surface area contributed by atoms with E-state index in [0.717, 1.165) is 48.4 Å². The summed E-state index contributed by atoms with van der Waals surface area (Å²) in [4.78, 5) is 0. The molecule has 0 radical (unpaired) electrons. The van der Waals surface area contributed by atoms with Crippen molar-refractivity contribution < 1.29 is 9.09 Å². The van der Waals surface area contributed by atoms with E-state index in [9.17, 15) is 4.57 Å². The lowest BCUT2D eigenvalue weighted by Crippen LogP contribution is -2.44. The number of benzene rings is 2. The van der Waals surface area contributed by atoms with Crippen LogP contribution in [0.1, 0.15) is 0 Å². The highest BCUT2D eigenvalue weighted by molar-refractivity contribution is 7.65. The molecule has 1 saturated heterocycles. The Kier molecular flexibility index (Phi) is 3.11. The lowest BCUT2D eigenvalue weighted by molar-refractivity contribution is 0.324. The quantitative estimate of drug-likeness (QED) is 0.822. The number of rotatable bonds is 1. The lowest BCUT2D eigenvalue weighted by Gasteiger charge is -2.37. The summed E-state index contributed by atoms with van der Waals surface area (Å²) in [5, 5.41) is 4.12. The van der Waals surface area contributed by atoms with E-state index in [0.29, 0.717) is 0 Å². The van der Waals surface area contributed by atoms with Gasteiger partial charge in [-0.3, -0.25) is 4.57 Å². The first kappa shape index (κ1) is 13.1. The maximum absolute atomic E-state index is 13.6. The maximum Gasteiger partial charge on any atom is 0.350 e. The van der Waals surface area contributed by atoms with Gasteiger partial charge in [0.2, 0.25) is 0 Å². The number of hydrogen-bond donors (Lipinski definition) is 1. The minimum Gasteiger partial charge on any atom is -0.429 e. The molecule has 1 fully saturated rings. The maximum atomic E-state index is 13.6. The molecule has 4 nitrogen and oxygen atoms in total. The van der Waals surface area contributed by atoms with Crippen LogP contribution in [0.15, 0.2) is 48.5 Å². The van der Waals surface area contributed by atoms with Gasteiger partial charge in [0.05, 0.1) is 5.30 Å². The fourth-order valence-electron chi connectivity index (χ4n) is 3.03. The van der Waals surface area contributed by atoms with Gasteiger partial charge in [0.25, 0.3) is 0 Å². The second-order valence-electron chi connectivity index (χ2n) is 5.33. The molecule has 0 aromatic heterocycles. The van der Waals surface area contributed by atoms with Crippen molar-refractivity contribution in [2.24, 2.45) is 0 Å². The molecule has 5 heteroatoms. The molecule has 1 N–H and O–H groups in total. The molecule has 21 heavy (non-hydrogen) atoms. The minimum absolute atomic E-state index is 0.720. The topological polar surface area (TPSA) is 41.6 Å². The third kappa shape index (κ3) is 2.03. The highest BCUT2D eigenvalue weighted by atomic mass is 31.2. The van der Waals surface area contributed by atoms with E-state index in [1.165, 1.54) is 0 Å². The van der Waals surface area contributed by atoms with Crippen LogP contribution in [-0.4, -0.2) is 30.8 Å². The number of nitrogens with one attached hydrogen (secondary N) is 1. The summed E-state index contributed by atoms with van der Waals surface area (Å²) in [6, 6.07) is 15.7. The Hall–Kier alpha value is -1.61. The zero-order valence-corrected chi connectivity index (χ0v) is 12.6. The van der Waals surface area contributed by atoms with Crippen molar-refractivity contribution in [3.05, 3.63) is 48.5 Å². The number of para-hydroxylation sites is 1. The Morgan fingerprint density at radius 1 is 0.952 bits per heavy atom. The predicted octanol–water partition coefficient (Wildman–Crippen LogP) is 2.47. The zero-order valence-electron chi connectivity index (χ0n) is 11.7. The van der Waals surface area contributed by atoms with Crippen molar-refractivity contribution in [2.45, 2.75) is 0 Å². The Labute approximate surface area is 124 Å². The Morgan fingerprint density at radius 2 is 1.62 bits per heavy atom. The summed E-state index contributed by atoms with van der Waals surface area (Å²) >= 11 is 0. The Balaban J connectivity index is 1.89. The zero-order chi connectivity index (χ0) is 14.3. The molecule has 2 aliphatic rings. The number of fused-ring (bicyclic) bond motifs is 3. The third-order valence-corrected chi connectivity index (χ3v) is 6.66. The van der Waals surface area contributed by atoms with E-state index in [4.69, 9.17) is 4.52 Å². The van der Waals surface area contributed by atoms with Gasteiger partial charge in [-0.1, -0.05) is 36.4 Å². The van der Waals surface area contributed by atoms with Gasteiger partial charge in [-0.15, -0.1) is 0 Å². The number of piperazine rings is 1. The summed E-state index contributed by atoms with van der Waals surface area (Å²) in [5.74, 6) is 0.720. The van der Waals surface area contributed by atoms with Crippen molar-refractivity contribution in [1.29, 1.82) is 0 Å². The normalized spacial score (nSPS) is 24.8. The number of hydrogen-bond acceptors (Lipinski definition) is 3. The molecule has 0 spiro atoms. The second-order valence-corrected chi connectivity index (χ2v) is 7.60. The molecule has 4 rings (SSSR count). The summed E-state index contributed by atoms with van der Waals surface area (Å²) in [5.41, 5.74) is 2.05. The number of nitrogens with zero attached hydrogens (tertiary/aromatic N) is 1. The molecular formula is C16H17N2O2P. The first-order valence-corrected chi connectivity index (χ1v) is 8.81. The van der Waals surface area contributed by atoms with Gasteiger partial charge < -0.3 is 9.84 Å². The molecule has 0 bridgehead atoms. The van der Waals surface area contributed by atoms with Crippen LogP contribution in [0.2, 0.25) is 0 Å². The molecule has 2 heterocycles. The minimum atomic E-state index is -3.02. The van der Waals surface area contributed by atoms with Crippen LogP contribution in [0.25, 0.3) is 11.1 Å². The van der Waals surface area contributed by atoms with Gasteiger partial charge in [-0.2, -0.15) is 0 Å². The fraction of sp³-hybridized carbons (Fsp3) is 0.250. The molecule has 2 aromatic rings. The molecule has 2 aliphatic heterocycles. The van der Waals surface area contributed by atoms with Gasteiger partial charge in [-0.25, -0.2) is 4.67 Å². The summed E-state index contributed by atoms with van der Waals surface area (Å²) in [6.07, 6.45) is 0. The second kappa shape index (κ2) is 4.99. The molecule has 0 aliphatic carbocycles.